The van der Waals surface area contributed by atoms with E-state index in [1.165, 1.54) is 12.1 Å². The summed E-state index contributed by atoms with van der Waals surface area (Å²) >= 11 is 0. The molecule has 0 radical (unpaired) electrons. The number of hydrogen-bond acceptors (Lipinski definition) is 5. The summed E-state index contributed by atoms with van der Waals surface area (Å²) in [6.07, 6.45) is 4.19. The van der Waals surface area contributed by atoms with E-state index in [1.807, 2.05) is 34.9 Å². The van der Waals surface area contributed by atoms with Crippen molar-refractivity contribution >= 4 is 16.5 Å². The average molecular weight is 415 g/mol. The van der Waals surface area contributed by atoms with E-state index in [4.69, 9.17) is 9.15 Å². The number of nitrogens with zero attached hydrogens (tertiary/aromatic N) is 3. The highest BCUT2D eigenvalue weighted by atomic mass is 19.1. The molecule has 0 aliphatic rings. The number of benzene rings is 2. The zero-order chi connectivity index (χ0) is 21.2. The van der Waals surface area contributed by atoms with Gasteiger partial charge in [-0.1, -0.05) is 17.3 Å². The Morgan fingerprint density at radius 1 is 1.06 bits per heavy atom. The van der Waals surface area contributed by atoms with Gasteiger partial charge in [-0.3, -0.25) is 0 Å². The molecule has 1 N–H and O–H groups in total. The first-order chi connectivity index (χ1) is 15.2. The monoisotopic (exact) mass is 415 g/mol. The van der Waals surface area contributed by atoms with Crippen molar-refractivity contribution in [2.75, 3.05) is 6.61 Å². The molecule has 0 spiro atoms. The van der Waals surface area contributed by atoms with Gasteiger partial charge in [0.25, 0.3) is 0 Å². The van der Waals surface area contributed by atoms with Gasteiger partial charge in [0, 0.05) is 24.2 Å². The van der Waals surface area contributed by atoms with Gasteiger partial charge >= 0.3 is 0 Å². The molecule has 0 aliphatic carbocycles. The van der Waals surface area contributed by atoms with Crippen molar-refractivity contribution in [3.05, 3.63) is 96.0 Å². The minimum Gasteiger partial charge on any atom is -0.493 e. The van der Waals surface area contributed by atoms with E-state index in [2.05, 4.69) is 10.1 Å². The lowest BCUT2D eigenvalue weighted by atomic mass is 10.1. The van der Waals surface area contributed by atoms with Gasteiger partial charge in [-0.25, -0.2) is 9.37 Å². The van der Waals surface area contributed by atoms with Gasteiger partial charge in [0.2, 0.25) is 0 Å². The third kappa shape index (κ3) is 3.85. The molecule has 0 atom stereocenters. The van der Waals surface area contributed by atoms with E-state index in [1.54, 1.807) is 36.7 Å². The molecule has 0 bridgehead atoms. The van der Waals surface area contributed by atoms with Gasteiger partial charge in [0.05, 0.1) is 18.3 Å². The standard InChI is InChI=1S/C24H18FN3O3/c25-17-4-1-3-16(11-17)8-10-30-19-6-7-23-20(13-19)21(27-29)14-24(31-23)22-12-18-5-2-9-28(18)15-26-22/h1-7,9,11-15,29H,8,10H2/b27-21-. The number of fused-ring (bicyclic) bond motifs is 2. The van der Waals surface area contributed by atoms with Crippen molar-refractivity contribution < 1.29 is 18.8 Å². The van der Waals surface area contributed by atoms with Crippen molar-refractivity contribution in [3.8, 4) is 17.2 Å². The maximum atomic E-state index is 13.3. The van der Waals surface area contributed by atoms with E-state index in [9.17, 15) is 9.60 Å². The van der Waals surface area contributed by atoms with Crippen LogP contribution in [-0.4, -0.2) is 21.2 Å². The van der Waals surface area contributed by atoms with E-state index in [-0.39, 0.29) is 5.82 Å². The SMILES string of the molecule is O/N=c1/cc(-c2cc3cccn3cn2)oc2ccc(OCCc3cccc(F)c3)cc12. The lowest BCUT2D eigenvalue weighted by molar-refractivity contribution is 0.302. The Morgan fingerprint density at radius 3 is 2.87 bits per heavy atom. The summed E-state index contributed by atoms with van der Waals surface area (Å²) in [5.74, 6) is 0.827. The molecule has 6 nitrogen and oxygen atoms in total. The van der Waals surface area contributed by atoms with Crippen LogP contribution in [0.4, 0.5) is 4.39 Å². The van der Waals surface area contributed by atoms with Gasteiger partial charge in [0.15, 0.2) is 5.76 Å². The fraction of sp³-hybridized carbons (Fsp3) is 0.0833. The topological polar surface area (TPSA) is 72.3 Å². The molecule has 0 saturated heterocycles. The number of rotatable bonds is 5. The second-order valence-corrected chi connectivity index (χ2v) is 7.10. The molecule has 2 aromatic carbocycles. The van der Waals surface area contributed by atoms with Crippen LogP contribution < -0.4 is 10.1 Å². The van der Waals surface area contributed by atoms with Gasteiger partial charge in [-0.15, -0.1) is 0 Å². The Kier molecular flexibility index (Phi) is 4.84. The molecule has 0 fully saturated rings. The van der Waals surface area contributed by atoms with E-state index in [0.717, 1.165) is 11.1 Å². The van der Waals surface area contributed by atoms with E-state index in [0.29, 0.717) is 46.6 Å². The Hall–Kier alpha value is -4.13. The summed E-state index contributed by atoms with van der Waals surface area (Å²) < 4.78 is 27.0. The van der Waals surface area contributed by atoms with E-state index < -0.39 is 0 Å². The van der Waals surface area contributed by atoms with Crippen molar-refractivity contribution in [3.63, 3.8) is 0 Å². The fourth-order valence-electron chi connectivity index (χ4n) is 3.50. The first-order valence-electron chi connectivity index (χ1n) is 9.76. The second-order valence-electron chi connectivity index (χ2n) is 7.10. The van der Waals surface area contributed by atoms with E-state index >= 15 is 0 Å². The second kappa shape index (κ2) is 7.95. The smallest absolute Gasteiger partial charge is 0.155 e. The van der Waals surface area contributed by atoms with Crippen LogP contribution in [0.15, 0.2) is 88.8 Å². The fourth-order valence-corrected chi connectivity index (χ4v) is 3.50. The maximum Gasteiger partial charge on any atom is 0.155 e. The molecular weight excluding hydrogens is 397 g/mol. The Morgan fingerprint density at radius 2 is 2.00 bits per heavy atom. The zero-order valence-corrected chi connectivity index (χ0v) is 16.4. The summed E-state index contributed by atoms with van der Waals surface area (Å²) in [7, 11) is 0. The highest BCUT2D eigenvalue weighted by Gasteiger charge is 2.10. The summed E-state index contributed by atoms with van der Waals surface area (Å²) in [5, 5.41) is 14.0. The van der Waals surface area contributed by atoms with Gasteiger partial charge < -0.3 is 18.8 Å². The Bertz CT molecular complexity index is 1460. The van der Waals surface area contributed by atoms with Gasteiger partial charge in [-0.05, 0) is 54.1 Å². The van der Waals surface area contributed by atoms with Gasteiger partial charge in [-0.2, -0.15) is 0 Å². The van der Waals surface area contributed by atoms with Crippen molar-refractivity contribution in [2.24, 2.45) is 5.16 Å². The molecule has 3 heterocycles. The number of aromatic nitrogens is 2. The quantitative estimate of drug-likeness (QED) is 0.331. The molecule has 0 aliphatic heterocycles. The number of halogens is 1. The molecular formula is C24H18FN3O3. The van der Waals surface area contributed by atoms with Crippen LogP contribution in [-0.2, 0) is 6.42 Å². The summed E-state index contributed by atoms with van der Waals surface area (Å²) in [5.41, 5.74) is 3.01. The molecule has 5 aromatic rings. The predicted molar refractivity (Wildman–Crippen MR) is 113 cm³/mol. The van der Waals surface area contributed by atoms with Crippen LogP contribution in [0.2, 0.25) is 0 Å². The molecule has 0 amide bonds. The maximum absolute atomic E-state index is 13.3. The summed E-state index contributed by atoms with van der Waals surface area (Å²) in [6.45, 7) is 0.386. The van der Waals surface area contributed by atoms with Crippen molar-refractivity contribution in [2.45, 2.75) is 6.42 Å². The average Bonchev–Trinajstić information content (AvgIpc) is 3.26. The molecule has 3 aromatic heterocycles. The molecule has 0 saturated carbocycles. The van der Waals surface area contributed by atoms with Crippen LogP contribution in [0.25, 0.3) is 27.9 Å². The van der Waals surface area contributed by atoms with Crippen molar-refractivity contribution in [1.82, 2.24) is 9.38 Å². The highest BCUT2D eigenvalue weighted by Crippen LogP contribution is 2.24. The van der Waals surface area contributed by atoms with Crippen molar-refractivity contribution in [1.29, 1.82) is 0 Å². The van der Waals surface area contributed by atoms with Gasteiger partial charge in [0.1, 0.15) is 28.2 Å². The van der Waals surface area contributed by atoms with Crippen LogP contribution in [0, 0.1) is 5.82 Å². The highest BCUT2D eigenvalue weighted by molar-refractivity contribution is 5.80. The minimum atomic E-state index is -0.263. The third-order valence-electron chi connectivity index (χ3n) is 5.04. The largest absolute Gasteiger partial charge is 0.493 e. The number of ether oxygens (including phenoxy) is 1. The molecule has 0 unspecified atom stereocenters. The molecule has 7 heteroatoms. The molecule has 31 heavy (non-hydrogen) atoms. The molecule has 5 rings (SSSR count). The van der Waals surface area contributed by atoms with Crippen LogP contribution in [0.1, 0.15) is 5.56 Å². The van der Waals surface area contributed by atoms with Crippen LogP contribution in [0.5, 0.6) is 5.75 Å². The summed E-state index contributed by atoms with van der Waals surface area (Å²) in [4.78, 5) is 4.42. The lowest BCUT2D eigenvalue weighted by Crippen LogP contribution is -2.06. The predicted octanol–water partition coefficient (Wildman–Crippen LogP) is 4.80. The summed E-state index contributed by atoms with van der Waals surface area (Å²) in [6, 6.07) is 19.2. The normalized spacial score (nSPS) is 12.0. The third-order valence-corrected chi connectivity index (χ3v) is 5.04. The van der Waals surface area contributed by atoms with Crippen LogP contribution >= 0.6 is 0 Å². The zero-order valence-electron chi connectivity index (χ0n) is 16.4. The Balaban J connectivity index is 1.43. The van der Waals surface area contributed by atoms with Crippen LogP contribution in [0.3, 0.4) is 0 Å². The first-order valence-corrected chi connectivity index (χ1v) is 9.76. The minimum absolute atomic E-state index is 0.263. The molecule has 154 valence electrons. The lowest BCUT2D eigenvalue weighted by Gasteiger charge is -2.09. The Labute approximate surface area is 176 Å². The number of hydrogen-bond donors (Lipinski definition) is 1. The first kappa shape index (κ1) is 18.9.